The van der Waals surface area contributed by atoms with E-state index in [-0.39, 0.29) is 0 Å². The summed E-state index contributed by atoms with van der Waals surface area (Å²) in [4.78, 5) is 17.4. The number of nitrogens with zero attached hydrogens (tertiary/aromatic N) is 4. The van der Waals surface area contributed by atoms with Crippen LogP contribution >= 0.6 is 0 Å². The highest BCUT2D eigenvalue weighted by Crippen LogP contribution is 2.42. The molecule has 0 aliphatic rings. The summed E-state index contributed by atoms with van der Waals surface area (Å²) in [5, 5.41) is 4.08. The van der Waals surface area contributed by atoms with Crippen LogP contribution in [0, 0.1) is 0 Å². The van der Waals surface area contributed by atoms with Gasteiger partial charge in [0.2, 0.25) is 0 Å². The summed E-state index contributed by atoms with van der Waals surface area (Å²) in [7, 11) is 0. The van der Waals surface area contributed by atoms with Crippen molar-refractivity contribution in [3.05, 3.63) is 194 Å². The highest BCUT2D eigenvalue weighted by molar-refractivity contribution is 6.19. The minimum absolute atomic E-state index is 0.616. The van der Waals surface area contributed by atoms with Crippen LogP contribution in [0.25, 0.3) is 78.0 Å². The van der Waals surface area contributed by atoms with Gasteiger partial charge in [0.15, 0.2) is 17.5 Å². The number of fused-ring (bicyclic) bond motifs is 5. The van der Waals surface area contributed by atoms with Crippen LogP contribution in [0.1, 0.15) is 0 Å². The predicted molar refractivity (Wildman–Crippen MR) is 221 cm³/mol. The minimum atomic E-state index is 0.616. The Labute approximate surface area is 312 Å². The average Bonchev–Trinajstić information content (AvgIpc) is 3.63. The number of aromatic nitrogens is 3. The number of hydrogen-bond donors (Lipinski definition) is 0. The maximum absolute atomic E-state index is 6.76. The van der Waals surface area contributed by atoms with E-state index in [1.54, 1.807) is 0 Å². The van der Waals surface area contributed by atoms with Gasteiger partial charge in [-0.1, -0.05) is 140 Å². The Bertz CT molecular complexity index is 2830. The van der Waals surface area contributed by atoms with Crippen LogP contribution in [0.3, 0.4) is 0 Å². The molecule has 0 radical (unpaired) electrons. The molecule has 10 rings (SSSR count). The van der Waals surface area contributed by atoms with Gasteiger partial charge in [-0.05, 0) is 71.1 Å². The van der Waals surface area contributed by atoms with Crippen LogP contribution in [-0.2, 0) is 0 Å². The van der Waals surface area contributed by atoms with E-state index >= 15 is 0 Å². The van der Waals surface area contributed by atoms with E-state index in [0.29, 0.717) is 17.5 Å². The van der Waals surface area contributed by atoms with Crippen LogP contribution in [0.4, 0.5) is 17.1 Å². The van der Waals surface area contributed by atoms with Crippen LogP contribution in [0.5, 0.6) is 0 Å². The Morgan fingerprint density at radius 2 is 0.833 bits per heavy atom. The Morgan fingerprint density at radius 3 is 1.46 bits per heavy atom. The number of para-hydroxylation sites is 2. The van der Waals surface area contributed by atoms with Gasteiger partial charge in [-0.2, -0.15) is 0 Å². The fourth-order valence-electron chi connectivity index (χ4n) is 7.32. The van der Waals surface area contributed by atoms with Gasteiger partial charge in [0.05, 0.1) is 0 Å². The SMILES string of the molecule is c1ccc(-c2nc(-c3ccccc3)nc(-c3cc4c5ccc(-c6cccc(N(c7ccccc7)c7ccccc7)c6)cc5oc4c4ccccc34)n2)cc1. The van der Waals surface area contributed by atoms with Gasteiger partial charge < -0.3 is 9.32 Å². The highest BCUT2D eigenvalue weighted by atomic mass is 16.3. The predicted octanol–water partition coefficient (Wildman–Crippen LogP) is 13.1. The van der Waals surface area contributed by atoms with Gasteiger partial charge >= 0.3 is 0 Å². The molecule has 0 aliphatic carbocycles. The summed E-state index contributed by atoms with van der Waals surface area (Å²) < 4.78 is 6.76. The molecule has 10 aromatic rings. The summed E-state index contributed by atoms with van der Waals surface area (Å²) in [5.74, 6) is 1.88. The standard InChI is InChI=1S/C49H32N4O/c1-5-16-33(17-6-1)47-50-48(34-18-7-2-8-19-34)52-49(51-47)44-32-43-41-29-28-36(31-45(41)54-46(43)42-27-14-13-26-40(42)44)35-20-15-25-39(30-35)53(37-21-9-3-10-22-37)38-23-11-4-12-24-38/h1-32H. The van der Waals surface area contributed by atoms with Crippen molar-refractivity contribution in [3.63, 3.8) is 0 Å². The Hall–Kier alpha value is -7.37. The topological polar surface area (TPSA) is 55.1 Å². The molecule has 0 saturated heterocycles. The van der Waals surface area contributed by atoms with Crippen LogP contribution in [0.2, 0.25) is 0 Å². The van der Waals surface area contributed by atoms with E-state index in [4.69, 9.17) is 19.4 Å². The van der Waals surface area contributed by atoms with Crippen molar-refractivity contribution >= 4 is 49.8 Å². The first-order chi connectivity index (χ1) is 26.8. The van der Waals surface area contributed by atoms with Crippen molar-refractivity contribution in [1.29, 1.82) is 0 Å². The molecule has 0 spiro atoms. The molecule has 0 amide bonds. The van der Waals surface area contributed by atoms with E-state index in [1.807, 2.05) is 72.8 Å². The fourth-order valence-corrected chi connectivity index (χ4v) is 7.32. The molecule has 5 heteroatoms. The first-order valence-electron chi connectivity index (χ1n) is 18.0. The van der Waals surface area contributed by atoms with Gasteiger partial charge in [0.25, 0.3) is 0 Å². The maximum Gasteiger partial charge on any atom is 0.164 e. The van der Waals surface area contributed by atoms with E-state index < -0.39 is 0 Å². The second kappa shape index (κ2) is 13.3. The summed E-state index contributed by atoms with van der Waals surface area (Å²) in [6, 6.07) is 66.8. The van der Waals surface area contributed by atoms with Crippen molar-refractivity contribution in [3.8, 4) is 45.3 Å². The molecule has 0 N–H and O–H groups in total. The third-order valence-electron chi connectivity index (χ3n) is 9.89. The zero-order valence-electron chi connectivity index (χ0n) is 29.2. The Morgan fingerprint density at radius 1 is 0.333 bits per heavy atom. The molecule has 0 fully saturated rings. The van der Waals surface area contributed by atoms with Crippen LogP contribution < -0.4 is 4.90 Å². The van der Waals surface area contributed by atoms with E-state index in [0.717, 1.165) is 77.6 Å². The molecule has 2 aromatic heterocycles. The lowest BCUT2D eigenvalue weighted by molar-refractivity contribution is 0.673. The molecular weight excluding hydrogens is 661 g/mol. The lowest BCUT2D eigenvalue weighted by Crippen LogP contribution is -2.09. The third-order valence-corrected chi connectivity index (χ3v) is 9.89. The first kappa shape index (κ1) is 31.4. The van der Waals surface area contributed by atoms with Crippen LogP contribution in [-0.4, -0.2) is 15.0 Å². The maximum atomic E-state index is 6.76. The van der Waals surface area contributed by atoms with Crippen molar-refractivity contribution in [1.82, 2.24) is 15.0 Å². The summed E-state index contributed by atoms with van der Waals surface area (Å²) >= 11 is 0. The molecule has 254 valence electrons. The number of furan rings is 1. The number of benzene rings is 8. The average molecular weight is 693 g/mol. The fraction of sp³-hybridized carbons (Fsp3) is 0. The van der Waals surface area contributed by atoms with Gasteiger partial charge in [-0.15, -0.1) is 0 Å². The smallest absolute Gasteiger partial charge is 0.164 e. The van der Waals surface area contributed by atoms with Gasteiger partial charge in [0, 0.05) is 49.9 Å². The molecule has 0 unspecified atom stereocenters. The molecule has 0 atom stereocenters. The zero-order chi connectivity index (χ0) is 35.8. The Kier molecular flexibility index (Phi) is 7.73. The second-order valence-corrected chi connectivity index (χ2v) is 13.3. The highest BCUT2D eigenvalue weighted by Gasteiger charge is 2.20. The lowest BCUT2D eigenvalue weighted by atomic mass is 9.98. The lowest BCUT2D eigenvalue weighted by Gasteiger charge is -2.25. The second-order valence-electron chi connectivity index (χ2n) is 13.3. The van der Waals surface area contributed by atoms with E-state index in [9.17, 15) is 0 Å². The van der Waals surface area contributed by atoms with Crippen LogP contribution in [0.15, 0.2) is 199 Å². The van der Waals surface area contributed by atoms with E-state index in [1.165, 1.54) is 0 Å². The quantitative estimate of drug-likeness (QED) is 0.166. The molecule has 8 aromatic carbocycles. The zero-order valence-corrected chi connectivity index (χ0v) is 29.2. The van der Waals surface area contributed by atoms with Crippen molar-refractivity contribution < 1.29 is 4.42 Å². The summed E-state index contributed by atoms with van der Waals surface area (Å²) in [6.45, 7) is 0. The minimum Gasteiger partial charge on any atom is -0.455 e. The molecule has 5 nitrogen and oxygen atoms in total. The summed E-state index contributed by atoms with van der Waals surface area (Å²) in [5.41, 5.74) is 9.91. The number of rotatable bonds is 7. The van der Waals surface area contributed by atoms with Gasteiger partial charge in [-0.25, -0.2) is 15.0 Å². The molecule has 0 bridgehead atoms. The van der Waals surface area contributed by atoms with Crippen molar-refractivity contribution in [2.75, 3.05) is 4.90 Å². The molecule has 0 aliphatic heterocycles. The van der Waals surface area contributed by atoms with Crippen molar-refractivity contribution in [2.24, 2.45) is 0 Å². The molecule has 54 heavy (non-hydrogen) atoms. The number of hydrogen-bond acceptors (Lipinski definition) is 5. The molecular formula is C49H32N4O. The monoisotopic (exact) mass is 692 g/mol. The third kappa shape index (κ3) is 5.65. The van der Waals surface area contributed by atoms with Crippen molar-refractivity contribution in [2.45, 2.75) is 0 Å². The first-order valence-corrected chi connectivity index (χ1v) is 18.0. The van der Waals surface area contributed by atoms with Gasteiger partial charge in [0.1, 0.15) is 11.2 Å². The van der Waals surface area contributed by atoms with Gasteiger partial charge in [-0.3, -0.25) is 0 Å². The summed E-state index contributed by atoms with van der Waals surface area (Å²) in [6.07, 6.45) is 0. The largest absolute Gasteiger partial charge is 0.455 e. The Balaban J connectivity index is 1.12. The normalized spacial score (nSPS) is 11.3. The number of anilines is 3. The molecule has 2 heterocycles. The van der Waals surface area contributed by atoms with E-state index in [2.05, 4.69) is 126 Å². The molecule has 0 saturated carbocycles.